The van der Waals surface area contributed by atoms with Crippen LogP contribution in [0.15, 0.2) is 0 Å². The molecule has 4 aliphatic carbocycles. The van der Waals surface area contributed by atoms with Gasteiger partial charge in [-0.2, -0.15) is 0 Å². The van der Waals surface area contributed by atoms with Crippen LogP contribution in [0.5, 0.6) is 0 Å². The normalized spacial score (nSPS) is 53.6. The SMILES string of the molecule is CC(=O)S[C@H]1CC[C@]2(C)C3CC[C@]4(C)C(=O)[C@H](Br)CC4C3[C@@H](O)C[C@H]2C1. The first-order chi connectivity index (χ1) is 12.2. The van der Waals surface area contributed by atoms with Crippen LogP contribution < -0.4 is 0 Å². The summed E-state index contributed by atoms with van der Waals surface area (Å²) in [6, 6.07) is 0. The third-order valence-electron chi connectivity index (χ3n) is 8.67. The molecule has 0 aliphatic heterocycles. The molecular formula is C21H31BrO3S. The topological polar surface area (TPSA) is 54.4 Å². The van der Waals surface area contributed by atoms with Gasteiger partial charge < -0.3 is 5.11 Å². The van der Waals surface area contributed by atoms with Crippen molar-refractivity contribution in [3.05, 3.63) is 0 Å². The Morgan fingerprint density at radius 3 is 2.58 bits per heavy atom. The van der Waals surface area contributed by atoms with E-state index in [-0.39, 0.29) is 32.8 Å². The zero-order valence-electron chi connectivity index (χ0n) is 16.0. The Labute approximate surface area is 169 Å². The Balaban J connectivity index is 1.60. The van der Waals surface area contributed by atoms with Crippen molar-refractivity contribution >= 4 is 38.6 Å². The van der Waals surface area contributed by atoms with Crippen molar-refractivity contribution in [3.8, 4) is 0 Å². The van der Waals surface area contributed by atoms with Gasteiger partial charge in [-0.15, -0.1) is 0 Å². The highest BCUT2D eigenvalue weighted by Gasteiger charge is 2.64. The van der Waals surface area contributed by atoms with Crippen molar-refractivity contribution in [2.75, 3.05) is 0 Å². The zero-order valence-corrected chi connectivity index (χ0v) is 18.4. The first kappa shape index (κ1) is 19.4. The molecule has 4 saturated carbocycles. The third-order valence-corrected chi connectivity index (χ3v) is 10.5. The van der Waals surface area contributed by atoms with Gasteiger partial charge >= 0.3 is 0 Å². The Morgan fingerprint density at radius 2 is 1.88 bits per heavy atom. The number of rotatable bonds is 1. The molecule has 0 saturated heterocycles. The van der Waals surface area contributed by atoms with Crippen LogP contribution in [0.25, 0.3) is 0 Å². The van der Waals surface area contributed by atoms with Crippen LogP contribution in [0.2, 0.25) is 0 Å². The maximum atomic E-state index is 12.8. The maximum Gasteiger partial charge on any atom is 0.186 e. The summed E-state index contributed by atoms with van der Waals surface area (Å²) in [5.41, 5.74) is 0.00766. The molecule has 0 spiro atoms. The molecular weight excluding hydrogens is 412 g/mol. The quantitative estimate of drug-likeness (QED) is 0.603. The summed E-state index contributed by atoms with van der Waals surface area (Å²) < 4.78 is 0. The van der Waals surface area contributed by atoms with Gasteiger partial charge in [-0.1, -0.05) is 41.5 Å². The molecule has 3 unspecified atom stereocenters. The molecule has 0 aromatic heterocycles. The smallest absolute Gasteiger partial charge is 0.186 e. The van der Waals surface area contributed by atoms with Crippen LogP contribution in [0, 0.1) is 34.5 Å². The largest absolute Gasteiger partial charge is 0.393 e. The molecule has 0 aromatic carbocycles. The van der Waals surface area contributed by atoms with E-state index in [1.165, 1.54) is 11.8 Å². The van der Waals surface area contributed by atoms with Crippen LogP contribution in [-0.2, 0) is 9.59 Å². The van der Waals surface area contributed by atoms with Crippen LogP contribution in [0.1, 0.15) is 65.7 Å². The summed E-state index contributed by atoms with van der Waals surface area (Å²) >= 11 is 5.12. The van der Waals surface area contributed by atoms with Crippen molar-refractivity contribution in [1.29, 1.82) is 0 Å². The van der Waals surface area contributed by atoms with Gasteiger partial charge in [0.2, 0.25) is 0 Å². The minimum absolute atomic E-state index is 0.0308. The number of hydrogen-bond donors (Lipinski definition) is 1. The van der Waals surface area contributed by atoms with Gasteiger partial charge in [0.25, 0.3) is 0 Å². The van der Waals surface area contributed by atoms with Crippen LogP contribution in [0.4, 0.5) is 0 Å². The number of alkyl halides is 1. The summed E-state index contributed by atoms with van der Waals surface area (Å²) in [4.78, 5) is 24.3. The molecule has 0 heterocycles. The van der Waals surface area contributed by atoms with Crippen LogP contribution in [-0.4, -0.2) is 32.2 Å². The van der Waals surface area contributed by atoms with Crippen LogP contribution >= 0.6 is 27.7 Å². The number of aliphatic hydroxyl groups excluding tert-OH is 1. The second-order valence-corrected chi connectivity index (χ2v) is 12.4. The number of Topliss-reactive ketones (excluding diaryl/α,β-unsaturated/α-hetero) is 1. The van der Waals surface area contributed by atoms with Crippen molar-refractivity contribution in [2.45, 2.75) is 81.9 Å². The molecule has 4 aliphatic rings. The Hall–Kier alpha value is 0.130. The van der Waals surface area contributed by atoms with E-state index >= 15 is 0 Å². The van der Waals surface area contributed by atoms with Gasteiger partial charge in [-0.3, -0.25) is 9.59 Å². The lowest BCUT2D eigenvalue weighted by atomic mass is 9.44. The van der Waals surface area contributed by atoms with E-state index in [0.29, 0.717) is 28.8 Å². The van der Waals surface area contributed by atoms with E-state index in [0.717, 1.165) is 44.9 Å². The summed E-state index contributed by atoms with van der Waals surface area (Å²) in [6.45, 7) is 6.26. The lowest BCUT2D eigenvalue weighted by Crippen LogP contribution is -2.58. The van der Waals surface area contributed by atoms with Gasteiger partial charge in [0.05, 0.1) is 10.9 Å². The molecule has 0 radical (unpaired) electrons. The third kappa shape index (κ3) is 2.78. The number of carbonyl (C=O) groups is 2. The van der Waals surface area contributed by atoms with Crippen LogP contribution in [0.3, 0.4) is 0 Å². The van der Waals surface area contributed by atoms with Gasteiger partial charge in [0.15, 0.2) is 10.9 Å². The molecule has 26 heavy (non-hydrogen) atoms. The van der Waals surface area contributed by atoms with Gasteiger partial charge in [-0.05, 0) is 74.0 Å². The van der Waals surface area contributed by atoms with Gasteiger partial charge in [-0.25, -0.2) is 0 Å². The second kappa shape index (κ2) is 6.59. The number of aliphatic hydroxyl groups is 1. The van der Waals surface area contributed by atoms with Gasteiger partial charge in [0.1, 0.15) is 0 Å². The summed E-state index contributed by atoms with van der Waals surface area (Å²) in [7, 11) is 0. The fraction of sp³-hybridized carbons (Fsp3) is 0.905. The average Bonchev–Trinajstić information content (AvgIpc) is 2.79. The fourth-order valence-electron chi connectivity index (χ4n) is 7.28. The van der Waals surface area contributed by atoms with E-state index in [9.17, 15) is 14.7 Å². The zero-order chi connectivity index (χ0) is 18.9. The predicted molar refractivity (Wildman–Crippen MR) is 108 cm³/mol. The van der Waals surface area contributed by atoms with Gasteiger partial charge in [0, 0.05) is 17.6 Å². The first-order valence-electron chi connectivity index (χ1n) is 10.2. The molecule has 3 nitrogen and oxygen atoms in total. The number of carbonyl (C=O) groups excluding carboxylic acids is 2. The molecule has 5 heteroatoms. The summed E-state index contributed by atoms with van der Waals surface area (Å²) in [5, 5.41) is 11.8. The number of ketones is 1. The Kier molecular flexibility index (Phi) is 4.93. The van der Waals surface area contributed by atoms with E-state index in [1.807, 2.05) is 0 Å². The number of halogens is 1. The highest BCUT2D eigenvalue weighted by molar-refractivity contribution is 9.10. The van der Waals surface area contributed by atoms with Crippen molar-refractivity contribution in [1.82, 2.24) is 0 Å². The van der Waals surface area contributed by atoms with E-state index < -0.39 is 0 Å². The Bertz CT molecular complexity index is 624. The Morgan fingerprint density at radius 1 is 1.15 bits per heavy atom. The second-order valence-electron chi connectivity index (χ2n) is 9.83. The van der Waals surface area contributed by atoms with Crippen molar-refractivity contribution in [2.24, 2.45) is 34.5 Å². The molecule has 4 fully saturated rings. The number of thioether (sulfide) groups is 1. The highest BCUT2D eigenvalue weighted by atomic mass is 79.9. The standard InChI is InChI=1S/C21H31BrO3S/c1-11(23)26-13-4-6-20(2)12(8-13)9-17(24)18-14(20)5-7-21(3)15(18)10-16(22)19(21)25/h12-18,24H,4-10H2,1-3H3/t12-,13+,14?,15?,16-,17+,18?,20+,21+/m1/s1. The predicted octanol–water partition coefficient (Wildman–Crippen LogP) is 4.59. The molecule has 1 N–H and O–H groups in total. The van der Waals surface area contributed by atoms with Crippen molar-refractivity contribution in [3.63, 3.8) is 0 Å². The number of fused-ring (bicyclic) bond motifs is 5. The minimum Gasteiger partial charge on any atom is -0.393 e. The molecule has 0 bridgehead atoms. The maximum absolute atomic E-state index is 12.8. The lowest BCUT2D eigenvalue weighted by Gasteiger charge is -2.61. The molecule has 4 rings (SSSR count). The highest BCUT2D eigenvalue weighted by Crippen LogP contribution is 2.66. The van der Waals surface area contributed by atoms with E-state index in [4.69, 9.17) is 0 Å². The van der Waals surface area contributed by atoms with E-state index in [2.05, 4.69) is 29.8 Å². The minimum atomic E-state index is -0.297. The van der Waals surface area contributed by atoms with Crippen molar-refractivity contribution < 1.29 is 14.7 Å². The average molecular weight is 443 g/mol. The lowest BCUT2D eigenvalue weighted by molar-refractivity contribution is -0.162. The monoisotopic (exact) mass is 442 g/mol. The molecule has 146 valence electrons. The number of hydrogen-bond acceptors (Lipinski definition) is 4. The fourth-order valence-corrected chi connectivity index (χ4v) is 9.24. The molecule has 9 atom stereocenters. The van der Waals surface area contributed by atoms with E-state index in [1.54, 1.807) is 6.92 Å². The first-order valence-corrected chi connectivity index (χ1v) is 12.0. The summed E-state index contributed by atoms with van der Waals surface area (Å²) in [5.74, 6) is 1.96. The molecule has 0 amide bonds. The summed E-state index contributed by atoms with van der Waals surface area (Å²) in [6.07, 6.45) is 6.80. The molecule has 0 aromatic rings.